The highest BCUT2D eigenvalue weighted by atomic mass is 32.1. The summed E-state index contributed by atoms with van der Waals surface area (Å²) in [4.78, 5) is 16.7. The van der Waals surface area contributed by atoms with Gasteiger partial charge in [0, 0.05) is 13.1 Å². The Morgan fingerprint density at radius 2 is 2.26 bits per heavy atom. The molecule has 0 radical (unpaired) electrons. The standard InChI is InChI=1S/C13H22N4OS/c1-8(2)7-16-13-17-11(14)10(19-13)12(18)15-6-5-9-3-4-9/h8-9H,3-7,14H2,1-2H3,(H,15,18)(H,16,17). The summed E-state index contributed by atoms with van der Waals surface area (Å²) in [6.07, 6.45) is 3.69. The van der Waals surface area contributed by atoms with E-state index in [4.69, 9.17) is 5.73 Å². The van der Waals surface area contributed by atoms with Crippen LogP contribution in [0.1, 0.15) is 42.8 Å². The number of hydrogen-bond donors (Lipinski definition) is 3. The first-order chi connectivity index (χ1) is 9.06. The van der Waals surface area contributed by atoms with Gasteiger partial charge in [0.2, 0.25) is 0 Å². The Labute approximate surface area is 118 Å². The fourth-order valence-electron chi connectivity index (χ4n) is 1.74. The van der Waals surface area contributed by atoms with Crippen LogP contribution in [0.2, 0.25) is 0 Å². The van der Waals surface area contributed by atoms with Gasteiger partial charge in [-0.15, -0.1) is 0 Å². The van der Waals surface area contributed by atoms with Crippen molar-refractivity contribution in [3.8, 4) is 0 Å². The molecule has 0 unspecified atom stereocenters. The third kappa shape index (κ3) is 4.38. The van der Waals surface area contributed by atoms with E-state index < -0.39 is 0 Å². The molecule has 5 nitrogen and oxygen atoms in total. The number of aromatic nitrogens is 1. The van der Waals surface area contributed by atoms with Crippen molar-refractivity contribution in [3.05, 3.63) is 4.88 Å². The third-order valence-electron chi connectivity index (χ3n) is 3.06. The summed E-state index contributed by atoms with van der Waals surface area (Å²) in [5.41, 5.74) is 5.79. The molecule has 0 aromatic carbocycles. The Kier molecular flexibility index (Phi) is 4.63. The lowest BCUT2D eigenvalue weighted by atomic mass is 10.2. The minimum Gasteiger partial charge on any atom is -0.382 e. The van der Waals surface area contributed by atoms with E-state index in [1.54, 1.807) is 0 Å². The lowest BCUT2D eigenvalue weighted by Gasteiger charge is -2.04. The lowest BCUT2D eigenvalue weighted by Crippen LogP contribution is -2.24. The van der Waals surface area contributed by atoms with Crippen molar-refractivity contribution >= 4 is 28.2 Å². The molecule has 6 heteroatoms. The molecule has 0 saturated heterocycles. The van der Waals surface area contributed by atoms with Gasteiger partial charge in [-0.2, -0.15) is 0 Å². The second-order valence-corrected chi connectivity index (χ2v) is 6.50. The molecule has 4 N–H and O–H groups in total. The van der Waals surface area contributed by atoms with E-state index in [-0.39, 0.29) is 5.91 Å². The third-order valence-corrected chi connectivity index (χ3v) is 4.08. The summed E-state index contributed by atoms with van der Waals surface area (Å²) in [6.45, 7) is 5.80. The van der Waals surface area contributed by atoms with Crippen LogP contribution in [0.15, 0.2) is 0 Å². The number of hydrogen-bond acceptors (Lipinski definition) is 5. The fourth-order valence-corrected chi connectivity index (χ4v) is 2.55. The number of carbonyl (C=O) groups excluding carboxylic acids is 1. The summed E-state index contributed by atoms with van der Waals surface area (Å²) in [6, 6.07) is 0. The molecule has 1 aromatic rings. The zero-order valence-corrected chi connectivity index (χ0v) is 12.3. The van der Waals surface area contributed by atoms with Gasteiger partial charge in [0.1, 0.15) is 10.7 Å². The van der Waals surface area contributed by atoms with Gasteiger partial charge < -0.3 is 16.4 Å². The topological polar surface area (TPSA) is 80.0 Å². The Hall–Kier alpha value is -1.30. The molecule has 1 aromatic heterocycles. The number of nitrogens with two attached hydrogens (primary N) is 1. The van der Waals surface area contributed by atoms with Crippen LogP contribution in [0.25, 0.3) is 0 Å². The summed E-state index contributed by atoms with van der Waals surface area (Å²) < 4.78 is 0. The molecular weight excluding hydrogens is 260 g/mol. The van der Waals surface area contributed by atoms with Gasteiger partial charge in [-0.3, -0.25) is 4.79 Å². The van der Waals surface area contributed by atoms with Gasteiger partial charge in [-0.05, 0) is 18.3 Å². The Morgan fingerprint density at radius 3 is 2.89 bits per heavy atom. The van der Waals surface area contributed by atoms with Gasteiger partial charge in [-0.25, -0.2) is 4.98 Å². The van der Waals surface area contributed by atoms with Crippen molar-refractivity contribution in [1.29, 1.82) is 0 Å². The van der Waals surface area contributed by atoms with E-state index in [0.717, 1.165) is 30.6 Å². The lowest BCUT2D eigenvalue weighted by molar-refractivity contribution is 0.0957. The van der Waals surface area contributed by atoms with Crippen LogP contribution in [0, 0.1) is 11.8 Å². The van der Waals surface area contributed by atoms with E-state index in [9.17, 15) is 4.79 Å². The number of thiazole rings is 1. The number of amides is 1. The smallest absolute Gasteiger partial charge is 0.265 e. The highest BCUT2D eigenvalue weighted by Crippen LogP contribution is 2.31. The Bertz CT molecular complexity index is 440. The number of nitrogens with one attached hydrogen (secondary N) is 2. The quantitative estimate of drug-likeness (QED) is 0.717. The van der Waals surface area contributed by atoms with Gasteiger partial charge in [0.05, 0.1) is 0 Å². The van der Waals surface area contributed by atoms with Crippen molar-refractivity contribution < 1.29 is 4.79 Å². The number of nitrogen functional groups attached to an aromatic ring is 1. The maximum atomic E-state index is 12.0. The summed E-state index contributed by atoms with van der Waals surface area (Å²) in [5.74, 6) is 1.57. The Balaban J connectivity index is 1.85. The first-order valence-corrected chi connectivity index (χ1v) is 7.66. The Morgan fingerprint density at radius 1 is 1.53 bits per heavy atom. The van der Waals surface area contributed by atoms with E-state index in [2.05, 4.69) is 29.5 Å². The van der Waals surface area contributed by atoms with Crippen LogP contribution in [-0.2, 0) is 0 Å². The predicted molar refractivity (Wildman–Crippen MR) is 79.5 cm³/mol. The zero-order valence-electron chi connectivity index (χ0n) is 11.5. The molecule has 2 rings (SSSR count). The molecule has 0 atom stereocenters. The molecule has 1 fully saturated rings. The van der Waals surface area contributed by atoms with Crippen LogP contribution in [-0.4, -0.2) is 24.0 Å². The minimum absolute atomic E-state index is 0.103. The summed E-state index contributed by atoms with van der Waals surface area (Å²) >= 11 is 1.32. The molecule has 19 heavy (non-hydrogen) atoms. The number of nitrogens with zero attached hydrogens (tertiary/aromatic N) is 1. The molecule has 0 spiro atoms. The van der Waals surface area contributed by atoms with Crippen LogP contribution in [0.4, 0.5) is 10.9 Å². The number of rotatable bonds is 7. The average Bonchev–Trinajstić information content (AvgIpc) is 3.09. The maximum Gasteiger partial charge on any atom is 0.265 e. The van der Waals surface area contributed by atoms with E-state index in [0.29, 0.717) is 16.6 Å². The number of carbonyl (C=O) groups is 1. The molecule has 1 saturated carbocycles. The normalized spacial score (nSPS) is 14.7. The SMILES string of the molecule is CC(C)CNc1nc(N)c(C(=O)NCCC2CC2)s1. The predicted octanol–water partition coefficient (Wildman–Crippen LogP) is 2.32. The van der Waals surface area contributed by atoms with E-state index in [1.807, 2.05) is 0 Å². The van der Waals surface area contributed by atoms with Crippen LogP contribution < -0.4 is 16.4 Å². The van der Waals surface area contributed by atoms with Gasteiger partial charge in [0.25, 0.3) is 5.91 Å². The molecule has 1 amide bonds. The monoisotopic (exact) mass is 282 g/mol. The molecule has 0 bridgehead atoms. The first-order valence-electron chi connectivity index (χ1n) is 6.84. The molecule has 1 aliphatic carbocycles. The number of anilines is 2. The summed E-state index contributed by atoms with van der Waals surface area (Å²) in [7, 11) is 0. The zero-order chi connectivity index (χ0) is 13.8. The van der Waals surface area contributed by atoms with Crippen molar-refractivity contribution in [2.24, 2.45) is 11.8 Å². The fraction of sp³-hybridized carbons (Fsp3) is 0.692. The molecule has 106 valence electrons. The van der Waals surface area contributed by atoms with Crippen LogP contribution in [0.3, 0.4) is 0 Å². The van der Waals surface area contributed by atoms with Crippen molar-refractivity contribution in [2.75, 3.05) is 24.1 Å². The van der Waals surface area contributed by atoms with Crippen LogP contribution in [0.5, 0.6) is 0 Å². The molecule has 1 heterocycles. The van der Waals surface area contributed by atoms with Crippen molar-refractivity contribution in [2.45, 2.75) is 33.1 Å². The second-order valence-electron chi connectivity index (χ2n) is 5.50. The first kappa shape index (κ1) is 14.1. The highest BCUT2D eigenvalue weighted by molar-refractivity contribution is 7.18. The van der Waals surface area contributed by atoms with Crippen molar-refractivity contribution in [3.63, 3.8) is 0 Å². The van der Waals surface area contributed by atoms with E-state index in [1.165, 1.54) is 24.2 Å². The van der Waals surface area contributed by atoms with Gasteiger partial charge in [0.15, 0.2) is 5.13 Å². The average molecular weight is 282 g/mol. The van der Waals surface area contributed by atoms with E-state index >= 15 is 0 Å². The second kappa shape index (κ2) is 6.23. The molecule has 1 aliphatic rings. The maximum absolute atomic E-state index is 12.0. The molecule has 0 aliphatic heterocycles. The van der Waals surface area contributed by atoms with Gasteiger partial charge in [-0.1, -0.05) is 38.0 Å². The highest BCUT2D eigenvalue weighted by Gasteiger charge is 2.21. The summed E-state index contributed by atoms with van der Waals surface area (Å²) in [5, 5.41) is 6.83. The van der Waals surface area contributed by atoms with Crippen LogP contribution >= 0.6 is 11.3 Å². The molecular formula is C13H22N4OS. The minimum atomic E-state index is -0.103. The largest absolute Gasteiger partial charge is 0.382 e. The van der Waals surface area contributed by atoms with Crippen molar-refractivity contribution in [1.82, 2.24) is 10.3 Å². The van der Waals surface area contributed by atoms with Gasteiger partial charge >= 0.3 is 0 Å².